The largest absolute Gasteiger partial charge is 0.228 e. The van der Waals surface area contributed by atoms with Crippen LogP contribution < -0.4 is 0 Å². The fourth-order valence-corrected chi connectivity index (χ4v) is 7.94. The van der Waals surface area contributed by atoms with Crippen molar-refractivity contribution in [3.05, 3.63) is 157 Å². The fourth-order valence-electron chi connectivity index (χ4n) is 7.94. The summed E-state index contributed by atoms with van der Waals surface area (Å²) >= 11 is 0. The Labute approximate surface area is 290 Å². The van der Waals surface area contributed by atoms with E-state index in [1.54, 1.807) is 0 Å². The van der Waals surface area contributed by atoms with E-state index in [9.17, 15) is 0 Å². The third kappa shape index (κ3) is 4.93. The van der Waals surface area contributed by atoms with Gasteiger partial charge in [-0.2, -0.15) is 0 Å². The van der Waals surface area contributed by atoms with Gasteiger partial charge in [0.25, 0.3) is 0 Å². The van der Waals surface area contributed by atoms with Crippen LogP contribution in [0.1, 0.15) is 52.7 Å². The highest BCUT2D eigenvalue weighted by Gasteiger charge is 2.58. The van der Waals surface area contributed by atoms with Gasteiger partial charge < -0.3 is 0 Å². The Morgan fingerprint density at radius 3 is 1.35 bits per heavy atom. The molecule has 0 saturated carbocycles. The van der Waals surface area contributed by atoms with Gasteiger partial charge >= 0.3 is 0 Å². The predicted molar refractivity (Wildman–Crippen MR) is 207 cm³/mol. The third-order valence-corrected chi connectivity index (χ3v) is 12.0. The SMILES string of the molecule is CC1(C)c2cc3ccccc3c(-c3nc(-c4ccc(-c5ccccc5)cc4)cc(-c4ccc(-c5ccccc5)cc4)n3)c2C(C)(C)C1(C)C. The van der Waals surface area contributed by atoms with Crippen LogP contribution in [0.15, 0.2) is 146 Å². The number of fused-ring (bicyclic) bond motifs is 2. The molecule has 0 unspecified atom stereocenters. The highest BCUT2D eigenvalue weighted by molar-refractivity contribution is 5.99. The Hall–Kier alpha value is -5.34. The maximum absolute atomic E-state index is 5.44. The Balaban J connectivity index is 1.37. The number of rotatable bonds is 5. The molecule has 1 aliphatic rings. The van der Waals surface area contributed by atoms with E-state index in [-0.39, 0.29) is 16.2 Å². The molecule has 2 heteroatoms. The second kappa shape index (κ2) is 11.4. The standard InChI is InChI=1S/C47H42N2/c1-45(2)39-29-37-19-13-14-20-38(37)42(43(39)46(3,4)47(45,5)6)44-48-40(35-25-21-33(22-26-35)31-15-9-7-10-16-31)30-41(49-44)36-27-23-34(24-28-36)32-17-11-8-12-18-32/h7-30H,1-6H3. The molecular formula is C47H42N2. The number of hydrogen-bond acceptors (Lipinski definition) is 2. The first-order chi connectivity index (χ1) is 23.6. The molecule has 2 nitrogen and oxygen atoms in total. The minimum Gasteiger partial charge on any atom is -0.228 e. The fraction of sp³-hybridized carbons (Fsp3) is 0.191. The monoisotopic (exact) mass is 634 g/mol. The van der Waals surface area contributed by atoms with Crippen molar-refractivity contribution >= 4 is 10.8 Å². The van der Waals surface area contributed by atoms with Crippen molar-refractivity contribution in [2.45, 2.75) is 52.4 Å². The normalized spacial score (nSPS) is 15.6. The molecule has 7 aromatic rings. The van der Waals surface area contributed by atoms with Crippen LogP contribution >= 0.6 is 0 Å². The Morgan fingerprint density at radius 1 is 0.408 bits per heavy atom. The van der Waals surface area contributed by atoms with Gasteiger partial charge in [0.05, 0.1) is 11.4 Å². The zero-order valence-electron chi connectivity index (χ0n) is 29.3. The number of nitrogens with zero attached hydrogens (tertiary/aromatic N) is 2. The number of aromatic nitrogens is 2. The van der Waals surface area contributed by atoms with E-state index in [1.807, 2.05) is 0 Å². The molecule has 0 aliphatic heterocycles. The average Bonchev–Trinajstić information content (AvgIpc) is 3.24. The molecule has 0 radical (unpaired) electrons. The molecule has 1 heterocycles. The lowest BCUT2D eigenvalue weighted by atomic mass is 9.59. The quantitative estimate of drug-likeness (QED) is 0.188. The number of benzene rings is 6. The molecule has 1 aromatic heterocycles. The Kier molecular flexibility index (Phi) is 7.19. The highest BCUT2D eigenvalue weighted by Crippen LogP contribution is 2.64. The van der Waals surface area contributed by atoms with E-state index in [1.165, 1.54) is 44.2 Å². The van der Waals surface area contributed by atoms with Gasteiger partial charge in [0, 0.05) is 16.7 Å². The van der Waals surface area contributed by atoms with Gasteiger partial charge in [-0.1, -0.05) is 181 Å². The first-order valence-corrected chi connectivity index (χ1v) is 17.3. The van der Waals surface area contributed by atoms with Crippen LogP contribution in [0.5, 0.6) is 0 Å². The topological polar surface area (TPSA) is 25.8 Å². The summed E-state index contributed by atoms with van der Waals surface area (Å²) in [5.41, 5.74) is 12.5. The van der Waals surface area contributed by atoms with Crippen molar-refractivity contribution in [1.82, 2.24) is 9.97 Å². The Morgan fingerprint density at radius 2 is 0.837 bits per heavy atom. The highest BCUT2D eigenvalue weighted by atomic mass is 14.9. The molecule has 0 fully saturated rings. The van der Waals surface area contributed by atoms with Crippen molar-refractivity contribution in [2.24, 2.45) is 5.41 Å². The average molecular weight is 635 g/mol. The van der Waals surface area contributed by atoms with Crippen molar-refractivity contribution in [2.75, 3.05) is 0 Å². The van der Waals surface area contributed by atoms with Crippen molar-refractivity contribution in [3.63, 3.8) is 0 Å². The molecule has 240 valence electrons. The van der Waals surface area contributed by atoms with Gasteiger partial charge in [-0.05, 0) is 66.5 Å². The maximum Gasteiger partial charge on any atom is 0.161 e. The van der Waals surface area contributed by atoms with Crippen LogP contribution in [0, 0.1) is 5.41 Å². The van der Waals surface area contributed by atoms with Gasteiger partial charge in [-0.3, -0.25) is 0 Å². The minimum atomic E-state index is -0.126. The van der Waals surface area contributed by atoms with Crippen molar-refractivity contribution in [3.8, 4) is 56.2 Å². The van der Waals surface area contributed by atoms with Crippen molar-refractivity contribution < 1.29 is 0 Å². The zero-order chi connectivity index (χ0) is 34.0. The minimum absolute atomic E-state index is 0.00453. The molecule has 8 rings (SSSR count). The second-order valence-corrected chi connectivity index (χ2v) is 15.1. The predicted octanol–water partition coefficient (Wildman–Crippen LogP) is 12.6. The molecule has 0 amide bonds. The van der Waals surface area contributed by atoms with E-state index in [0.717, 1.165) is 33.9 Å². The van der Waals surface area contributed by atoms with E-state index < -0.39 is 0 Å². The third-order valence-electron chi connectivity index (χ3n) is 12.0. The summed E-state index contributed by atoms with van der Waals surface area (Å²) in [6.45, 7) is 14.5. The van der Waals surface area contributed by atoms with Gasteiger partial charge in [0.1, 0.15) is 0 Å². The maximum atomic E-state index is 5.44. The van der Waals surface area contributed by atoms with E-state index >= 15 is 0 Å². The van der Waals surface area contributed by atoms with E-state index in [4.69, 9.17) is 9.97 Å². The number of hydrogen-bond donors (Lipinski definition) is 0. The lowest BCUT2D eigenvalue weighted by Gasteiger charge is -2.44. The summed E-state index contributed by atoms with van der Waals surface area (Å²) in [7, 11) is 0. The summed E-state index contributed by atoms with van der Waals surface area (Å²) in [6, 6.07) is 52.0. The zero-order valence-corrected chi connectivity index (χ0v) is 29.3. The first-order valence-electron chi connectivity index (χ1n) is 17.3. The molecule has 0 N–H and O–H groups in total. The first kappa shape index (κ1) is 31.0. The van der Waals surface area contributed by atoms with Gasteiger partial charge in [-0.25, -0.2) is 9.97 Å². The Bertz CT molecular complexity index is 2210. The summed E-state index contributed by atoms with van der Waals surface area (Å²) in [6.07, 6.45) is 0. The van der Waals surface area contributed by atoms with Crippen LogP contribution in [0.4, 0.5) is 0 Å². The molecule has 0 spiro atoms. The molecule has 6 aromatic carbocycles. The molecular weight excluding hydrogens is 593 g/mol. The van der Waals surface area contributed by atoms with Crippen LogP contribution in [0.25, 0.3) is 66.9 Å². The second-order valence-electron chi connectivity index (χ2n) is 15.1. The summed E-state index contributed by atoms with van der Waals surface area (Å²) in [4.78, 5) is 10.9. The molecule has 0 bridgehead atoms. The van der Waals surface area contributed by atoms with Crippen molar-refractivity contribution in [1.29, 1.82) is 0 Å². The van der Waals surface area contributed by atoms with E-state index in [2.05, 4.69) is 187 Å². The summed E-state index contributed by atoms with van der Waals surface area (Å²) in [5, 5.41) is 2.43. The molecule has 0 atom stereocenters. The summed E-state index contributed by atoms with van der Waals surface area (Å²) < 4.78 is 0. The summed E-state index contributed by atoms with van der Waals surface area (Å²) in [5.74, 6) is 0.779. The molecule has 49 heavy (non-hydrogen) atoms. The van der Waals surface area contributed by atoms with Crippen LogP contribution in [0.3, 0.4) is 0 Å². The van der Waals surface area contributed by atoms with Crippen LogP contribution in [0.2, 0.25) is 0 Å². The van der Waals surface area contributed by atoms with Gasteiger partial charge in [0.2, 0.25) is 0 Å². The lowest BCUT2D eigenvalue weighted by molar-refractivity contribution is 0.125. The van der Waals surface area contributed by atoms with Gasteiger partial charge in [0.15, 0.2) is 5.82 Å². The molecule has 1 aliphatic carbocycles. The molecule has 0 saturated heterocycles. The lowest BCUT2D eigenvalue weighted by Crippen LogP contribution is -2.42. The smallest absolute Gasteiger partial charge is 0.161 e. The van der Waals surface area contributed by atoms with Crippen LogP contribution in [-0.4, -0.2) is 9.97 Å². The van der Waals surface area contributed by atoms with Crippen LogP contribution in [-0.2, 0) is 10.8 Å². The van der Waals surface area contributed by atoms with E-state index in [0.29, 0.717) is 0 Å². The van der Waals surface area contributed by atoms with Gasteiger partial charge in [-0.15, -0.1) is 0 Å².